The van der Waals surface area contributed by atoms with E-state index in [1.54, 1.807) is 0 Å². The average Bonchev–Trinajstić information content (AvgIpc) is 3.22. The molecule has 1 amide bonds. The maximum absolute atomic E-state index is 12.6. The summed E-state index contributed by atoms with van der Waals surface area (Å²) in [5.41, 5.74) is 6.88. The molecule has 102 valence electrons. The summed E-state index contributed by atoms with van der Waals surface area (Å²) in [6.07, 6.45) is 2.81. The molecule has 0 spiro atoms. The highest BCUT2D eigenvalue weighted by molar-refractivity contribution is 7.80. The van der Waals surface area contributed by atoms with E-state index in [1.165, 1.54) is 0 Å². The first-order chi connectivity index (χ1) is 9.13. The predicted octanol–water partition coefficient (Wildman–Crippen LogP) is 2.14. The fourth-order valence-electron chi connectivity index (χ4n) is 2.34. The lowest BCUT2D eigenvalue weighted by molar-refractivity contribution is -0.133. The minimum Gasteiger partial charge on any atom is -0.393 e. The summed E-state index contributed by atoms with van der Waals surface area (Å²) in [5, 5.41) is 0. The SMILES string of the molecule is CCN(C(=O)C(Cc1ccccc1)C(N)=S)C1CC1. The number of thiocarbonyl (C=S) groups is 1. The first-order valence-corrected chi connectivity index (χ1v) is 7.18. The molecule has 4 heteroatoms. The minimum absolute atomic E-state index is 0.0846. The van der Waals surface area contributed by atoms with Crippen molar-refractivity contribution >= 4 is 23.1 Å². The lowest BCUT2D eigenvalue weighted by Gasteiger charge is -2.25. The Morgan fingerprint density at radius 2 is 2.05 bits per heavy atom. The second-order valence-electron chi connectivity index (χ2n) is 5.00. The zero-order chi connectivity index (χ0) is 13.8. The Morgan fingerprint density at radius 1 is 1.42 bits per heavy atom. The Balaban J connectivity index is 2.11. The quantitative estimate of drug-likeness (QED) is 0.810. The van der Waals surface area contributed by atoms with Gasteiger partial charge in [-0.15, -0.1) is 0 Å². The van der Waals surface area contributed by atoms with Crippen LogP contribution in [-0.4, -0.2) is 28.4 Å². The molecule has 1 aliphatic rings. The maximum atomic E-state index is 12.6. The van der Waals surface area contributed by atoms with Gasteiger partial charge in [0.05, 0.1) is 10.9 Å². The summed E-state index contributed by atoms with van der Waals surface area (Å²) in [7, 11) is 0. The largest absolute Gasteiger partial charge is 0.393 e. The molecule has 1 unspecified atom stereocenters. The Hall–Kier alpha value is -1.42. The molecule has 1 aromatic rings. The third kappa shape index (κ3) is 3.53. The van der Waals surface area contributed by atoms with Crippen LogP contribution in [0.2, 0.25) is 0 Å². The molecule has 19 heavy (non-hydrogen) atoms. The van der Waals surface area contributed by atoms with Gasteiger partial charge in [-0.05, 0) is 31.7 Å². The molecule has 0 saturated heterocycles. The molecule has 1 aromatic carbocycles. The van der Waals surface area contributed by atoms with Gasteiger partial charge in [0.1, 0.15) is 0 Å². The monoisotopic (exact) mass is 276 g/mol. The number of hydrogen-bond donors (Lipinski definition) is 1. The third-order valence-electron chi connectivity index (χ3n) is 3.54. The zero-order valence-electron chi connectivity index (χ0n) is 11.2. The van der Waals surface area contributed by atoms with Gasteiger partial charge in [-0.25, -0.2) is 0 Å². The van der Waals surface area contributed by atoms with E-state index >= 15 is 0 Å². The van der Waals surface area contributed by atoms with Crippen molar-refractivity contribution in [2.75, 3.05) is 6.54 Å². The summed E-state index contributed by atoms with van der Waals surface area (Å²) < 4.78 is 0. The van der Waals surface area contributed by atoms with E-state index in [4.69, 9.17) is 18.0 Å². The number of hydrogen-bond acceptors (Lipinski definition) is 2. The second kappa shape index (κ2) is 6.15. The summed E-state index contributed by atoms with van der Waals surface area (Å²) in [6.45, 7) is 2.74. The van der Waals surface area contributed by atoms with E-state index < -0.39 is 0 Å². The van der Waals surface area contributed by atoms with Gasteiger partial charge in [-0.2, -0.15) is 0 Å². The highest BCUT2D eigenvalue weighted by Gasteiger charge is 2.35. The minimum atomic E-state index is -0.377. The van der Waals surface area contributed by atoms with E-state index in [0.717, 1.165) is 24.9 Å². The third-order valence-corrected chi connectivity index (χ3v) is 3.82. The van der Waals surface area contributed by atoms with Crippen LogP contribution < -0.4 is 5.73 Å². The van der Waals surface area contributed by atoms with E-state index in [9.17, 15) is 4.79 Å². The van der Waals surface area contributed by atoms with Crippen LogP contribution in [0.4, 0.5) is 0 Å². The fraction of sp³-hybridized carbons (Fsp3) is 0.467. The molecule has 0 heterocycles. The number of nitrogens with two attached hydrogens (primary N) is 1. The predicted molar refractivity (Wildman–Crippen MR) is 80.8 cm³/mol. The maximum Gasteiger partial charge on any atom is 0.233 e. The summed E-state index contributed by atoms with van der Waals surface area (Å²) in [5.74, 6) is -0.292. The van der Waals surface area contributed by atoms with Gasteiger partial charge in [0, 0.05) is 12.6 Å². The van der Waals surface area contributed by atoms with Crippen LogP contribution in [0.1, 0.15) is 25.3 Å². The van der Waals surface area contributed by atoms with Gasteiger partial charge in [0.25, 0.3) is 0 Å². The standard InChI is InChI=1S/C15H20N2OS/c1-2-17(12-8-9-12)15(18)13(14(16)19)10-11-6-4-3-5-7-11/h3-7,12-13H,2,8-10H2,1H3,(H2,16,19). The Kier molecular flexibility index (Phi) is 4.53. The molecular formula is C15H20N2OS. The van der Waals surface area contributed by atoms with Crippen molar-refractivity contribution in [3.8, 4) is 0 Å². The van der Waals surface area contributed by atoms with Crippen LogP contribution in [0.5, 0.6) is 0 Å². The molecule has 2 N–H and O–H groups in total. The second-order valence-corrected chi connectivity index (χ2v) is 5.47. The molecule has 0 radical (unpaired) electrons. The van der Waals surface area contributed by atoms with Crippen LogP contribution >= 0.6 is 12.2 Å². The normalized spacial score (nSPS) is 15.8. The Morgan fingerprint density at radius 3 is 2.53 bits per heavy atom. The molecule has 0 bridgehead atoms. The zero-order valence-corrected chi connectivity index (χ0v) is 12.0. The highest BCUT2D eigenvalue weighted by atomic mass is 32.1. The molecular weight excluding hydrogens is 256 g/mol. The first kappa shape index (κ1) is 14.0. The number of carbonyl (C=O) groups excluding carboxylic acids is 1. The molecule has 0 aromatic heterocycles. The van der Waals surface area contributed by atoms with E-state index in [2.05, 4.69) is 0 Å². The van der Waals surface area contributed by atoms with Crippen LogP contribution in [-0.2, 0) is 11.2 Å². The van der Waals surface area contributed by atoms with Gasteiger partial charge >= 0.3 is 0 Å². The number of nitrogens with zero attached hydrogens (tertiary/aromatic N) is 1. The van der Waals surface area contributed by atoms with E-state index in [0.29, 0.717) is 17.5 Å². The van der Waals surface area contributed by atoms with Gasteiger partial charge in [0.2, 0.25) is 5.91 Å². The van der Waals surface area contributed by atoms with E-state index in [-0.39, 0.29) is 11.8 Å². The van der Waals surface area contributed by atoms with Crippen molar-refractivity contribution < 1.29 is 4.79 Å². The average molecular weight is 276 g/mol. The topological polar surface area (TPSA) is 46.3 Å². The van der Waals surface area contributed by atoms with Gasteiger partial charge in [0.15, 0.2) is 0 Å². The van der Waals surface area contributed by atoms with Gasteiger partial charge in [-0.3, -0.25) is 4.79 Å². The molecule has 1 fully saturated rings. The molecule has 2 rings (SSSR count). The van der Waals surface area contributed by atoms with Crippen LogP contribution in [0.15, 0.2) is 30.3 Å². The number of rotatable bonds is 6. The van der Waals surface area contributed by atoms with Gasteiger partial charge in [-0.1, -0.05) is 42.5 Å². The van der Waals surface area contributed by atoms with E-state index in [1.807, 2.05) is 42.2 Å². The number of carbonyl (C=O) groups is 1. The lowest BCUT2D eigenvalue weighted by atomic mass is 9.97. The number of amides is 1. The summed E-state index contributed by atoms with van der Waals surface area (Å²) in [6, 6.07) is 10.3. The smallest absolute Gasteiger partial charge is 0.233 e. The number of benzene rings is 1. The molecule has 3 nitrogen and oxygen atoms in total. The fourth-order valence-corrected chi connectivity index (χ4v) is 2.52. The highest BCUT2D eigenvalue weighted by Crippen LogP contribution is 2.28. The Bertz CT molecular complexity index is 456. The summed E-state index contributed by atoms with van der Waals surface area (Å²) >= 11 is 5.10. The Labute approximate surface area is 119 Å². The van der Waals surface area contributed by atoms with Crippen LogP contribution in [0, 0.1) is 5.92 Å². The first-order valence-electron chi connectivity index (χ1n) is 6.77. The van der Waals surface area contributed by atoms with Crippen molar-refractivity contribution in [2.24, 2.45) is 11.7 Å². The lowest BCUT2D eigenvalue weighted by Crippen LogP contribution is -2.43. The molecule has 1 aliphatic carbocycles. The molecule has 0 aliphatic heterocycles. The van der Waals surface area contributed by atoms with Crippen molar-refractivity contribution in [1.29, 1.82) is 0 Å². The van der Waals surface area contributed by atoms with Gasteiger partial charge < -0.3 is 10.6 Å². The van der Waals surface area contributed by atoms with Crippen LogP contribution in [0.25, 0.3) is 0 Å². The van der Waals surface area contributed by atoms with Crippen molar-refractivity contribution in [3.05, 3.63) is 35.9 Å². The van der Waals surface area contributed by atoms with Crippen molar-refractivity contribution in [2.45, 2.75) is 32.2 Å². The van der Waals surface area contributed by atoms with Crippen molar-refractivity contribution in [3.63, 3.8) is 0 Å². The van der Waals surface area contributed by atoms with Crippen molar-refractivity contribution in [1.82, 2.24) is 4.90 Å². The summed E-state index contributed by atoms with van der Waals surface area (Å²) in [4.78, 5) is 14.8. The van der Waals surface area contributed by atoms with Crippen LogP contribution in [0.3, 0.4) is 0 Å². The molecule has 1 saturated carbocycles. The molecule has 1 atom stereocenters.